The molecule has 2 heterocycles. The van der Waals surface area contributed by atoms with Gasteiger partial charge in [-0.1, -0.05) is 18.2 Å². The SMILES string of the molecule is O=C(O)c1ccc(N2C(=O)c3ccc4c5c(ccc(c35)C2=O)C(=O)N(c2ccccc2)C4=O)cc1. The molecule has 2 aliphatic rings. The van der Waals surface area contributed by atoms with E-state index in [4.69, 9.17) is 5.11 Å². The highest BCUT2D eigenvalue weighted by Crippen LogP contribution is 2.40. The van der Waals surface area contributed by atoms with Crippen molar-refractivity contribution in [1.29, 1.82) is 0 Å². The van der Waals surface area contributed by atoms with Gasteiger partial charge in [0.1, 0.15) is 0 Å². The summed E-state index contributed by atoms with van der Waals surface area (Å²) in [6, 6.07) is 19.9. The fourth-order valence-electron chi connectivity index (χ4n) is 4.67. The van der Waals surface area contributed by atoms with Crippen LogP contribution in [0, 0.1) is 0 Å². The minimum Gasteiger partial charge on any atom is -0.478 e. The van der Waals surface area contributed by atoms with Gasteiger partial charge in [0.2, 0.25) is 0 Å². The molecular weight excluding hydrogens is 448 g/mol. The van der Waals surface area contributed by atoms with Gasteiger partial charge in [-0.3, -0.25) is 19.2 Å². The van der Waals surface area contributed by atoms with E-state index in [0.717, 1.165) is 9.80 Å². The Bertz CT molecular complexity index is 1570. The van der Waals surface area contributed by atoms with Crippen LogP contribution in [0.2, 0.25) is 0 Å². The zero-order chi connectivity index (χ0) is 24.4. The van der Waals surface area contributed by atoms with Gasteiger partial charge in [0.15, 0.2) is 0 Å². The highest BCUT2D eigenvalue weighted by Gasteiger charge is 2.40. The van der Waals surface area contributed by atoms with Crippen molar-refractivity contribution in [3.05, 3.63) is 107 Å². The highest BCUT2D eigenvalue weighted by atomic mass is 16.4. The predicted octanol–water partition coefficient (Wildman–Crippen LogP) is 4.14. The number of para-hydroxylation sites is 1. The number of hydrogen-bond acceptors (Lipinski definition) is 5. The zero-order valence-electron chi connectivity index (χ0n) is 17.9. The molecule has 0 atom stereocenters. The van der Waals surface area contributed by atoms with Crippen LogP contribution in [0.15, 0.2) is 78.9 Å². The fraction of sp³-hybridized carbons (Fsp3) is 0. The summed E-state index contributed by atoms with van der Waals surface area (Å²) >= 11 is 0. The molecule has 4 aromatic rings. The van der Waals surface area contributed by atoms with E-state index in [1.165, 1.54) is 48.5 Å². The summed E-state index contributed by atoms with van der Waals surface area (Å²) in [4.78, 5) is 66.8. The maximum atomic E-state index is 13.4. The van der Waals surface area contributed by atoms with Crippen LogP contribution < -0.4 is 9.80 Å². The number of aromatic carboxylic acids is 1. The Balaban J connectivity index is 1.53. The number of carboxylic acids is 1. The molecule has 4 aromatic carbocycles. The second-order valence-corrected chi connectivity index (χ2v) is 8.15. The number of nitrogens with zero attached hydrogens (tertiary/aromatic N) is 2. The summed E-state index contributed by atoms with van der Waals surface area (Å²) in [5, 5.41) is 9.68. The molecule has 6 rings (SSSR count). The second kappa shape index (κ2) is 7.19. The molecule has 0 spiro atoms. The minimum atomic E-state index is -1.13. The van der Waals surface area contributed by atoms with Crippen molar-refractivity contribution in [3.8, 4) is 0 Å². The predicted molar refractivity (Wildman–Crippen MR) is 126 cm³/mol. The van der Waals surface area contributed by atoms with E-state index in [1.807, 2.05) is 0 Å². The van der Waals surface area contributed by atoms with Gasteiger partial charge >= 0.3 is 5.97 Å². The van der Waals surface area contributed by atoms with Gasteiger partial charge in [0.05, 0.1) is 16.9 Å². The third-order valence-corrected chi connectivity index (χ3v) is 6.28. The summed E-state index contributed by atoms with van der Waals surface area (Å²) in [7, 11) is 0. The maximum Gasteiger partial charge on any atom is 0.335 e. The summed E-state index contributed by atoms with van der Waals surface area (Å²) in [5.41, 5.74) is 1.46. The number of hydrogen-bond donors (Lipinski definition) is 1. The number of rotatable bonds is 3. The van der Waals surface area contributed by atoms with E-state index in [1.54, 1.807) is 30.3 Å². The van der Waals surface area contributed by atoms with Crippen LogP contribution >= 0.6 is 0 Å². The molecule has 0 saturated carbocycles. The van der Waals surface area contributed by atoms with E-state index < -0.39 is 29.6 Å². The molecule has 168 valence electrons. The van der Waals surface area contributed by atoms with Gasteiger partial charge in [0, 0.05) is 33.0 Å². The molecule has 2 aliphatic heterocycles. The van der Waals surface area contributed by atoms with Crippen molar-refractivity contribution in [2.75, 3.05) is 9.80 Å². The summed E-state index contributed by atoms with van der Waals surface area (Å²) < 4.78 is 0. The van der Waals surface area contributed by atoms with Crippen molar-refractivity contribution in [1.82, 2.24) is 0 Å². The summed E-state index contributed by atoms with van der Waals surface area (Å²) in [6.45, 7) is 0. The van der Waals surface area contributed by atoms with Crippen molar-refractivity contribution >= 4 is 51.7 Å². The van der Waals surface area contributed by atoms with E-state index in [9.17, 15) is 24.0 Å². The van der Waals surface area contributed by atoms with E-state index in [2.05, 4.69) is 0 Å². The molecule has 8 nitrogen and oxygen atoms in total. The van der Waals surface area contributed by atoms with Crippen LogP contribution in [0.3, 0.4) is 0 Å². The third kappa shape index (κ3) is 2.77. The lowest BCUT2D eigenvalue weighted by molar-refractivity contribution is 0.0695. The Kier molecular flexibility index (Phi) is 4.21. The molecule has 4 amide bonds. The summed E-state index contributed by atoms with van der Waals surface area (Å²) in [5.74, 6) is -3.45. The van der Waals surface area contributed by atoms with E-state index in [0.29, 0.717) is 5.69 Å². The molecule has 35 heavy (non-hydrogen) atoms. The lowest BCUT2D eigenvalue weighted by Crippen LogP contribution is -2.43. The van der Waals surface area contributed by atoms with Crippen molar-refractivity contribution in [2.24, 2.45) is 0 Å². The minimum absolute atomic E-state index is 0.0181. The Labute approximate surface area is 197 Å². The van der Waals surface area contributed by atoms with Gasteiger partial charge in [-0.05, 0) is 60.7 Å². The normalized spacial score (nSPS) is 14.6. The summed E-state index contributed by atoms with van der Waals surface area (Å²) in [6.07, 6.45) is 0. The van der Waals surface area contributed by atoms with Crippen LogP contribution in [0.25, 0.3) is 10.8 Å². The van der Waals surface area contributed by atoms with Crippen molar-refractivity contribution < 1.29 is 29.1 Å². The number of amides is 4. The molecule has 0 saturated heterocycles. The van der Waals surface area contributed by atoms with Crippen molar-refractivity contribution in [3.63, 3.8) is 0 Å². The lowest BCUT2D eigenvalue weighted by atomic mass is 9.85. The standard InChI is InChI=1S/C27H14N2O6/c30-23-17-10-12-19-22-20(26(33)29(25(19)32)16-8-6-14(7-9-16)27(34)35)13-11-18(21(17)22)24(31)28(23)15-4-2-1-3-5-15/h1-13H,(H,34,35). The number of carbonyl (C=O) groups is 5. The van der Waals surface area contributed by atoms with Gasteiger partial charge in [-0.2, -0.15) is 0 Å². The number of anilines is 2. The fourth-order valence-corrected chi connectivity index (χ4v) is 4.67. The Hall–Kier alpha value is -5.11. The molecule has 0 unspecified atom stereocenters. The molecule has 1 N–H and O–H groups in total. The Morgan fingerprint density at radius 1 is 0.514 bits per heavy atom. The van der Waals surface area contributed by atoms with Gasteiger partial charge < -0.3 is 5.11 Å². The average Bonchev–Trinajstić information content (AvgIpc) is 2.87. The number of imide groups is 2. The van der Waals surface area contributed by atoms with Crippen LogP contribution in [0.5, 0.6) is 0 Å². The smallest absolute Gasteiger partial charge is 0.335 e. The van der Waals surface area contributed by atoms with Crippen LogP contribution in [-0.2, 0) is 0 Å². The number of carboxylic acid groups (broad SMARTS) is 1. The first kappa shape index (κ1) is 20.5. The zero-order valence-corrected chi connectivity index (χ0v) is 17.9. The van der Waals surface area contributed by atoms with Gasteiger partial charge in [0.25, 0.3) is 23.6 Å². The molecule has 0 fully saturated rings. The lowest BCUT2D eigenvalue weighted by Gasteiger charge is -2.32. The van der Waals surface area contributed by atoms with Crippen molar-refractivity contribution in [2.45, 2.75) is 0 Å². The van der Waals surface area contributed by atoms with E-state index in [-0.39, 0.29) is 44.3 Å². The number of benzene rings is 4. The van der Waals surface area contributed by atoms with Crippen LogP contribution in [0.1, 0.15) is 51.8 Å². The molecule has 0 radical (unpaired) electrons. The van der Waals surface area contributed by atoms with Gasteiger partial charge in [-0.15, -0.1) is 0 Å². The topological polar surface area (TPSA) is 112 Å². The first-order valence-electron chi connectivity index (χ1n) is 10.6. The average molecular weight is 462 g/mol. The first-order valence-corrected chi connectivity index (χ1v) is 10.6. The Morgan fingerprint density at radius 2 is 0.886 bits per heavy atom. The molecule has 0 aliphatic carbocycles. The number of carbonyl (C=O) groups excluding carboxylic acids is 4. The van der Waals surface area contributed by atoms with Crippen LogP contribution in [0.4, 0.5) is 11.4 Å². The Morgan fingerprint density at radius 3 is 1.26 bits per heavy atom. The molecule has 8 heteroatoms. The monoisotopic (exact) mass is 462 g/mol. The molecule has 0 aromatic heterocycles. The maximum absolute atomic E-state index is 13.4. The molecular formula is C27H14N2O6. The largest absolute Gasteiger partial charge is 0.478 e. The quantitative estimate of drug-likeness (QED) is 0.458. The first-order chi connectivity index (χ1) is 16.9. The van der Waals surface area contributed by atoms with Gasteiger partial charge in [-0.25, -0.2) is 14.6 Å². The van der Waals surface area contributed by atoms with Crippen LogP contribution in [-0.4, -0.2) is 34.7 Å². The third-order valence-electron chi connectivity index (χ3n) is 6.28. The second-order valence-electron chi connectivity index (χ2n) is 8.15. The van der Waals surface area contributed by atoms with E-state index >= 15 is 0 Å². The molecule has 0 bridgehead atoms. The highest BCUT2D eigenvalue weighted by molar-refractivity contribution is 6.42.